The Balaban J connectivity index is 1.72. The van der Waals surface area contributed by atoms with Crippen molar-refractivity contribution >= 4 is 22.8 Å². The number of nitrogens with two attached hydrogens (primary N) is 1. The van der Waals surface area contributed by atoms with E-state index in [1.165, 1.54) is 6.33 Å². The standard InChI is InChI=1S/C19H22N6O2/c1-12(26)24-8-2-3-13(9-24)10-25-19-16(18(20)21-11-22-19)17(23-25)14-4-6-15(27)7-5-14/h4-7,11,13,27H,2-3,8-10H2,1H3,(H2,20,21,22). The topological polar surface area (TPSA) is 110 Å². The van der Waals surface area contributed by atoms with Crippen LogP contribution in [0, 0.1) is 5.92 Å². The van der Waals surface area contributed by atoms with Gasteiger partial charge in [-0.05, 0) is 43.0 Å². The molecule has 0 saturated carbocycles. The molecule has 2 aromatic heterocycles. The molecule has 0 radical (unpaired) electrons. The maximum absolute atomic E-state index is 11.7. The highest BCUT2D eigenvalue weighted by atomic mass is 16.3. The van der Waals surface area contributed by atoms with E-state index in [1.54, 1.807) is 31.2 Å². The molecular weight excluding hydrogens is 344 g/mol. The van der Waals surface area contributed by atoms with Crippen molar-refractivity contribution in [1.82, 2.24) is 24.6 Å². The number of nitrogen functional groups attached to an aromatic ring is 1. The third-order valence-electron chi connectivity index (χ3n) is 5.09. The number of benzene rings is 1. The Kier molecular flexibility index (Phi) is 4.39. The highest BCUT2D eigenvalue weighted by Gasteiger charge is 2.24. The van der Waals surface area contributed by atoms with Crippen molar-refractivity contribution < 1.29 is 9.90 Å². The van der Waals surface area contributed by atoms with E-state index in [2.05, 4.69) is 9.97 Å². The maximum Gasteiger partial charge on any atom is 0.219 e. The molecule has 0 aliphatic carbocycles. The van der Waals surface area contributed by atoms with Crippen molar-refractivity contribution in [2.24, 2.45) is 5.92 Å². The normalized spacial score (nSPS) is 17.4. The minimum absolute atomic E-state index is 0.112. The van der Waals surface area contributed by atoms with Gasteiger partial charge in [0, 0.05) is 32.1 Å². The molecule has 1 unspecified atom stereocenters. The van der Waals surface area contributed by atoms with Gasteiger partial charge in [0.2, 0.25) is 5.91 Å². The second-order valence-electron chi connectivity index (χ2n) is 7.01. The van der Waals surface area contributed by atoms with Crippen molar-refractivity contribution in [3.05, 3.63) is 30.6 Å². The molecule has 8 nitrogen and oxygen atoms in total. The van der Waals surface area contributed by atoms with Gasteiger partial charge in [-0.25, -0.2) is 14.6 Å². The number of aromatic hydroxyl groups is 1. The lowest BCUT2D eigenvalue weighted by atomic mass is 9.98. The average Bonchev–Trinajstić information content (AvgIpc) is 3.02. The van der Waals surface area contributed by atoms with E-state index in [0.29, 0.717) is 35.0 Å². The van der Waals surface area contributed by atoms with Crippen LogP contribution < -0.4 is 5.73 Å². The lowest BCUT2D eigenvalue weighted by molar-refractivity contribution is -0.130. The van der Waals surface area contributed by atoms with Gasteiger partial charge in [0.25, 0.3) is 0 Å². The van der Waals surface area contributed by atoms with Gasteiger partial charge in [-0.3, -0.25) is 4.79 Å². The number of hydrogen-bond acceptors (Lipinski definition) is 6. The summed E-state index contributed by atoms with van der Waals surface area (Å²) in [6, 6.07) is 6.83. The number of phenolic OH excluding ortho intramolecular Hbond substituents is 1. The zero-order valence-corrected chi connectivity index (χ0v) is 15.2. The second-order valence-corrected chi connectivity index (χ2v) is 7.01. The first-order chi connectivity index (χ1) is 13.0. The summed E-state index contributed by atoms with van der Waals surface area (Å²) in [5.41, 5.74) is 8.35. The number of hydrogen-bond donors (Lipinski definition) is 2. The monoisotopic (exact) mass is 366 g/mol. The van der Waals surface area contributed by atoms with Crippen LogP contribution in [0.2, 0.25) is 0 Å². The van der Waals surface area contributed by atoms with E-state index in [9.17, 15) is 9.90 Å². The van der Waals surface area contributed by atoms with E-state index in [0.717, 1.165) is 31.5 Å². The smallest absolute Gasteiger partial charge is 0.219 e. The van der Waals surface area contributed by atoms with Gasteiger partial charge in [0.1, 0.15) is 23.6 Å². The lowest BCUT2D eigenvalue weighted by Gasteiger charge is -2.32. The zero-order valence-electron chi connectivity index (χ0n) is 15.2. The largest absolute Gasteiger partial charge is 0.508 e. The molecule has 0 bridgehead atoms. The molecule has 1 aliphatic rings. The van der Waals surface area contributed by atoms with Crippen molar-refractivity contribution in [3.63, 3.8) is 0 Å². The Hall–Kier alpha value is -3.16. The number of anilines is 1. The quantitative estimate of drug-likeness (QED) is 0.734. The van der Waals surface area contributed by atoms with Crippen LogP contribution in [0.4, 0.5) is 5.82 Å². The molecule has 3 aromatic rings. The third-order valence-corrected chi connectivity index (χ3v) is 5.09. The number of carbonyl (C=O) groups excluding carboxylic acids is 1. The number of rotatable bonds is 3. The third kappa shape index (κ3) is 3.30. The Bertz CT molecular complexity index is 982. The van der Waals surface area contributed by atoms with Crippen LogP contribution in [0.15, 0.2) is 30.6 Å². The van der Waals surface area contributed by atoms with Crippen LogP contribution in [-0.4, -0.2) is 48.8 Å². The fourth-order valence-electron chi connectivity index (χ4n) is 3.72. The molecule has 140 valence electrons. The highest BCUT2D eigenvalue weighted by molar-refractivity contribution is 5.98. The number of phenols is 1. The molecule has 8 heteroatoms. The summed E-state index contributed by atoms with van der Waals surface area (Å²) in [6.45, 7) is 3.82. The van der Waals surface area contributed by atoms with Gasteiger partial charge < -0.3 is 15.7 Å². The number of amides is 1. The molecule has 0 spiro atoms. The molecule has 4 rings (SSSR count). The van der Waals surface area contributed by atoms with Crippen molar-refractivity contribution in [1.29, 1.82) is 0 Å². The van der Waals surface area contributed by atoms with E-state index in [-0.39, 0.29) is 11.7 Å². The van der Waals surface area contributed by atoms with Crippen LogP contribution in [0.3, 0.4) is 0 Å². The first-order valence-corrected chi connectivity index (χ1v) is 9.05. The van der Waals surface area contributed by atoms with Gasteiger partial charge in [-0.1, -0.05) is 0 Å². The molecular formula is C19H22N6O2. The van der Waals surface area contributed by atoms with Crippen LogP contribution in [0.25, 0.3) is 22.3 Å². The summed E-state index contributed by atoms with van der Waals surface area (Å²) in [4.78, 5) is 22.1. The van der Waals surface area contributed by atoms with Gasteiger partial charge in [0.15, 0.2) is 5.65 Å². The first kappa shape index (κ1) is 17.3. The average molecular weight is 366 g/mol. The molecule has 3 heterocycles. The fraction of sp³-hybridized carbons (Fsp3) is 0.368. The predicted octanol–water partition coefficient (Wildman–Crippen LogP) is 2.04. The van der Waals surface area contributed by atoms with Crippen LogP contribution in [-0.2, 0) is 11.3 Å². The van der Waals surface area contributed by atoms with Crippen molar-refractivity contribution in [3.8, 4) is 17.0 Å². The number of likely N-dealkylation sites (tertiary alicyclic amines) is 1. The number of aromatic nitrogens is 4. The zero-order chi connectivity index (χ0) is 19.0. The van der Waals surface area contributed by atoms with E-state index < -0.39 is 0 Å². The van der Waals surface area contributed by atoms with E-state index in [4.69, 9.17) is 10.8 Å². The van der Waals surface area contributed by atoms with Crippen LogP contribution in [0.5, 0.6) is 5.75 Å². The van der Waals surface area contributed by atoms with Crippen molar-refractivity contribution in [2.75, 3.05) is 18.8 Å². The number of fused-ring (bicyclic) bond motifs is 1. The summed E-state index contributed by atoms with van der Waals surface area (Å²) >= 11 is 0. The molecule has 1 aromatic carbocycles. The summed E-state index contributed by atoms with van der Waals surface area (Å²) in [6.07, 6.45) is 3.48. The molecule has 27 heavy (non-hydrogen) atoms. The predicted molar refractivity (Wildman–Crippen MR) is 102 cm³/mol. The lowest BCUT2D eigenvalue weighted by Crippen LogP contribution is -2.39. The Morgan fingerprint density at radius 3 is 2.81 bits per heavy atom. The number of carbonyl (C=O) groups is 1. The van der Waals surface area contributed by atoms with E-state index in [1.807, 2.05) is 9.58 Å². The summed E-state index contributed by atoms with van der Waals surface area (Å²) < 4.78 is 1.86. The fourth-order valence-corrected chi connectivity index (χ4v) is 3.72. The van der Waals surface area contributed by atoms with Gasteiger partial charge in [0.05, 0.1) is 5.39 Å². The van der Waals surface area contributed by atoms with Gasteiger partial charge >= 0.3 is 0 Å². The summed E-state index contributed by atoms with van der Waals surface area (Å²) in [7, 11) is 0. The Morgan fingerprint density at radius 1 is 1.30 bits per heavy atom. The van der Waals surface area contributed by atoms with Gasteiger partial charge in [-0.15, -0.1) is 0 Å². The van der Waals surface area contributed by atoms with E-state index >= 15 is 0 Å². The number of nitrogens with zero attached hydrogens (tertiary/aromatic N) is 5. The summed E-state index contributed by atoms with van der Waals surface area (Å²) in [5, 5.41) is 15.0. The van der Waals surface area contributed by atoms with Gasteiger partial charge in [-0.2, -0.15) is 5.10 Å². The van der Waals surface area contributed by atoms with Crippen LogP contribution >= 0.6 is 0 Å². The Morgan fingerprint density at radius 2 is 2.07 bits per heavy atom. The van der Waals surface area contributed by atoms with Crippen molar-refractivity contribution in [2.45, 2.75) is 26.3 Å². The SMILES string of the molecule is CC(=O)N1CCCC(Cn2nc(-c3ccc(O)cc3)c3c(N)ncnc32)C1. The highest BCUT2D eigenvalue weighted by Crippen LogP contribution is 2.31. The molecule has 1 atom stereocenters. The molecule has 1 fully saturated rings. The maximum atomic E-state index is 11.7. The summed E-state index contributed by atoms with van der Waals surface area (Å²) in [5.74, 6) is 0.998. The minimum atomic E-state index is 0.112. The molecule has 1 aliphatic heterocycles. The Labute approximate surface area is 156 Å². The first-order valence-electron chi connectivity index (χ1n) is 9.05. The minimum Gasteiger partial charge on any atom is -0.508 e. The van der Waals surface area contributed by atoms with Crippen LogP contribution in [0.1, 0.15) is 19.8 Å². The molecule has 1 saturated heterocycles. The second kappa shape index (κ2) is 6.86. The molecule has 3 N–H and O–H groups in total. The number of piperidine rings is 1. The molecule has 1 amide bonds.